The highest BCUT2D eigenvalue weighted by molar-refractivity contribution is 7.11. The fraction of sp³-hybridized carbons (Fsp3) is 0. The van der Waals surface area contributed by atoms with E-state index in [1.165, 1.54) is 11.3 Å². The zero-order chi connectivity index (χ0) is 9.10. The quantitative estimate of drug-likeness (QED) is 0.668. The summed E-state index contributed by atoms with van der Waals surface area (Å²) in [4.78, 5) is 0.770. The molecule has 2 heteroatoms. The molecule has 0 fully saturated rings. The Balaban J connectivity index is 2.54. The number of hydrogen-bond acceptors (Lipinski definition) is 2. The van der Waals surface area contributed by atoms with Gasteiger partial charge in [-0.3, -0.25) is 0 Å². The number of benzene rings is 1. The van der Waals surface area contributed by atoms with Crippen molar-refractivity contribution in [2.24, 2.45) is 0 Å². The zero-order valence-electron chi connectivity index (χ0n) is 6.82. The first kappa shape index (κ1) is 8.03. The SMILES string of the molecule is N#Cc1sccc1-c1cc[c]cc1. The Morgan fingerprint density at radius 1 is 1.23 bits per heavy atom. The van der Waals surface area contributed by atoms with Gasteiger partial charge < -0.3 is 0 Å². The van der Waals surface area contributed by atoms with Crippen molar-refractivity contribution >= 4 is 11.3 Å². The maximum absolute atomic E-state index is 8.82. The number of thiophene rings is 1. The minimum absolute atomic E-state index is 0.770. The normalized spacial score (nSPS) is 9.46. The number of rotatable bonds is 1. The lowest BCUT2D eigenvalue weighted by Gasteiger charge is -1.96. The van der Waals surface area contributed by atoms with Gasteiger partial charge in [0.25, 0.3) is 0 Å². The van der Waals surface area contributed by atoms with Gasteiger partial charge in [-0.15, -0.1) is 11.3 Å². The van der Waals surface area contributed by atoms with Crippen LogP contribution in [0.2, 0.25) is 0 Å². The third-order valence-electron chi connectivity index (χ3n) is 1.80. The van der Waals surface area contributed by atoms with E-state index < -0.39 is 0 Å². The maximum Gasteiger partial charge on any atom is 0.112 e. The first-order valence-corrected chi connectivity index (χ1v) is 4.74. The van der Waals surface area contributed by atoms with Crippen LogP contribution < -0.4 is 0 Å². The third-order valence-corrected chi connectivity index (χ3v) is 2.62. The van der Waals surface area contributed by atoms with Gasteiger partial charge in [0.05, 0.1) is 0 Å². The fourth-order valence-electron chi connectivity index (χ4n) is 1.19. The molecule has 0 aliphatic heterocycles. The van der Waals surface area contributed by atoms with Gasteiger partial charge in [-0.05, 0) is 23.1 Å². The molecule has 0 bridgehead atoms. The molecule has 2 aromatic rings. The van der Waals surface area contributed by atoms with Crippen LogP contribution in [0.15, 0.2) is 35.7 Å². The van der Waals surface area contributed by atoms with E-state index in [1.807, 2.05) is 35.7 Å². The molecule has 0 saturated heterocycles. The molecule has 13 heavy (non-hydrogen) atoms. The Morgan fingerprint density at radius 3 is 2.69 bits per heavy atom. The molecule has 61 valence electrons. The second-order valence-corrected chi connectivity index (χ2v) is 3.48. The fourth-order valence-corrected chi connectivity index (χ4v) is 1.90. The largest absolute Gasteiger partial charge is 0.192 e. The topological polar surface area (TPSA) is 23.8 Å². The Labute approximate surface area is 80.9 Å². The van der Waals surface area contributed by atoms with Crippen LogP contribution in [-0.4, -0.2) is 0 Å². The number of nitrogens with zero attached hydrogens (tertiary/aromatic N) is 1. The zero-order valence-corrected chi connectivity index (χ0v) is 7.64. The van der Waals surface area contributed by atoms with Crippen LogP contribution >= 0.6 is 11.3 Å². The molecule has 0 aliphatic carbocycles. The highest BCUT2D eigenvalue weighted by Crippen LogP contribution is 2.26. The summed E-state index contributed by atoms with van der Waals surface area (Å²) in [6.45, 7) is 0. The molecular formula is C11H6NS. The van der Waals surface area contributed by atoms with Crippen molar-refractivity contribution in [3.8, 4) is 17.2 Å². The van der Waals surface area contributed by atoms with Gasteiger partial charge >= 0.3 is 0 Å². The van der Waals surface area contributed by atoms with Gasteiger partial charge in [0.15, 0.2) is 0 Å². The average molecular weight is 184 g/mol. The Bertz CT molecular complexity index is 437. The minimum Gasteiger partial charge on any atom is -0.192 e. The molecule has 0 N–H and O–H groups in total. The predicted molar refractivity (Wildman–Crippen MR) is 53.3 cm³/mol. The summed E-state index contributed by atoms with van der Waals surface area (Å²) >= 11 is 1.47. The van der Waals surface area contributed by atoms with Crippen molar-refractivity contribution in [2.45, 2.75) is 0 Å². The number of hydrogen-bond donors (Lipinski definition) is 0. The van der Waals surface area contributed by atoms with E-state index in [0.717, 1.165) is 16.0 Å². The molecular weight excluding hydrogens is 178 g/mol. The predicted octanol–water partition coefficient (Wildman–Crippen LogP) is 3.09. The number of nitriles is 1. The third kappa shape index (κ3) is 1.47. The van der Waals surface area contributed by atoms with Crippen molar-refractivity contribution in [3.05, 3.63) is 46.7 Å². The van der Waals surface area contributed by atoms with Crippen LogP contribution in [0.4, 0.5) is 0 Å². The Kier molecular flexibility index (Phi) is 2.11. The van der Waals surface area contributed by atoms with Crippen molar-refractivity contribution in [3.63, 3.8) is 0 Å². The van der Waals surface area contributed by atoms with E-state index in [-0.39, 0.29) is 0 Å². The molecule has 0 spiro atoms. The summed E-state index contributed by atoms with van der Waals surface area (Å²) in [6, 6.07) is 14.7. The molecule has 1 aromatic carbocycles. The van der Waals surface area contributed by atoms with Crippen molar-refractivity contribution in [2.75, 3.05) is 0 Å². The van der Waals surface area contributed by atoms with Gasteiger partial charge in [0.2, 0.25) is 0 Å². The molecule has 1 aromatic heterocycles. The van der Waals surface area contributed by atoms with Gasteiger partial charge in [-0.25, -0.2) is 0 Å². The van der Waals surface area contributed by atoms with E-state index in [9.17, 15) is 0 Å². The first-order valence-electron chi connectivity index (χ1n) is 3.86. The average Bonchev–Trinajstić information content (AvgIpc) is 2.67. The van der Waals surface area contributed by atoms with E-state index in [4.69, 9.17) is 5.26 Å². The summed E-state index contributed by atoms with van der Waals surface area (Å²) < 4.78 is 0. The van der Waals surface area contributed by atoms with E-state index in [2.05, 4.69) is 12.1 Å². The van der Waals surface area contributed by atoms with E-state index >= 15 is 0 Å². The second-order valence-electron chi connectivity index (χ2n) is 2.56. The molecule has 0 aliphatic rings. The molecule has 0 amide bonds. The molecule has 1 radical (unpaired) electrons. The summed E-state index contributed by atoms with van der Waals surface area (Å²) in [5.74, 6) is 0. The van der Waals surface area contributed by atoms with E-state index in [1.54, 1.807) is 0 Å². The molecule has 1 nitrogen and oxygen atoms in total. The summed E-state index contributed by atoms with van der Waals surface area (Å²) in [6.07, 6.45) is 0. The van der Waals surface area contributed by atoms with Gasteiger partial charge in [-0.1, -0.05) is 24.3 Å². The van der Waals surface area contributed by atoms with Crippen LogP contribution in [0.5, 0.6) is 0 Å². The smallest absolute Gasteiger partial charge is 0.112 e. The van der Waals surface area contributed by atoms with Crippen LogP contribution in [-0.2, 0) is 0 Å². The van der Waals surface area contributed by atoms with Crippen molar-refractivity contribution in [1.29, 1.82) is 5.26 Å². The lowest BCUT2D eigenvalue weighted by molar-refractivity contribution is 1.52. The second kappa shape index (κ2) is 3.42. The van der Waals surface area contributed by atoms with Gasteiger partial charge in [0, 0.05) is 5.56 Å². The van der Waals surface area contributed by atoms with Gasteiger partial charge in [-0.2, -0.15) is 5.26 Å². The van der Waals surface area contributed by atoms with Gasteiger partial charge in [0.1, 0.15) is 10.9 Å². The molecule has 0 atom stereocenters. The molecule has 0 saturated carbocycles. The maximum atomic E-state index is 8.82. The van der Waals surface area contributed by atoms with Crippen LogP contribution in [0.3, 0.4) is 0 Å². The van der Waals surface area contributed by atoms with Crippen molar-refractivity contribution in [1.82, 2.24) is 0 Å². The lowest BCUT2D eigenvalue weighted by atomic mass is 10.1. The first-order chi connectivity index (χ1) is 6.42. The highest BCUT2D eigenvalue weighted by atomic mass is 32.1. The van der Waals surface area contributed by atoms with Crippen LogP contribution in [0.1, 0.15) is 4.88 Å². The molecule has 2 rings (SSSR count). The summed E-state index contributed by atoms with van der Waals surface area (Å²) in [5.41, 5.74) is 2.10. The molecule has 0 unspecified atom stereocenters. The van der Waals surface area contributed by atoms with Crippen LogP contribution in [0, 0.1) is 17.4 Å². The summed E-state index contributed by atoms with van der Waals surface area (Å²) in [5, 5.41) is 10.8. The Morgan fingerprint density at radius 2 is 2.00 bits per heavy atom. The monoisotopic (exact) mass is 184 g/mol. The summed E-state index contributed by atoms with van der Waals surface area (Å²) in [7, 11) is 0. The standard InChI is InChI=1S/C11H6NS/c12-8-11-10(6-7-13-11)9-4-2-1-3-5-9/h2-7H. The minimum atomic E-state index is 0.770. The lowest BCUT2D eigenvalue weighted by Crippen LogP contribution is -1.75. The molecule has 1 heterocycles. The highest BCUT2D eigenvalue weighted by Gasteiger charge is 2.04. The Hall–Kier alpha value is -1.59. The van der Waals surface area contributed by atoms with Crippen LogP contribution in [0.25, 0.3) is 11.1 Å². The van der Waals surface area contributed by atoms with E-state index in [0.29, 0.717) is 0 Å². The van der Waals surface area contributed by atoms with Crippen molar-refractivity contribution < 1.29 is 0 Å².